The third-order valence-corrected chi connectivity index (χ3v) is 3.52. The quantitative estimate of drug-likeness (QED) is 0.828. The minimum Gasteiger partial charge on any atom is -0.345 e. The highest BCUT2D eigenvalue weighted by atomic mass is 35.5. The molecule has 1 aliphatic heterocycles. The van der Waals surface area contributed by atoms with Crippen LogP contribution >= 0.6 is 23.2 Å². The SMILES string of the molecule is CC(=O)C1CCCCN1c1ncc(Cl)cc1Cl. The van der Waals surface area contributed by atoms with Crippen LogP contribution in [0, 0.1) is 0 Å². The zero-order valence-electron chi connectivity index (χ0n) is 9.62. The first kappa shape index (κ1) is 12.7. The zero-order chi connectivity index (χ0) is 12.4. The molecule has 0 aliphatic carbocycles. The van der Waals surface area contributed by atoms with Gasteiger partial charge in [-0.25, -0.2) is 4.98 Å². The van der Waals surface area contributed by atoms with Crippen LogP contribution in [0.2, 0.25) is 10.0 Å². The smallest absolute Gasteiger partial charge is 0.152 e. The van der Waals surface area contributed by atoms with Crippen molar-refractivity contribution in [2.45, 2.75) is 32.2 Å². The van der Waals surface area contributed by atoms with E-state index in [0.29, 0.717) is 15.9 Å². The van der Waals surface area contributed by atoms with Crippen molar-refractivity contribution >= 4 is 34.8 Å². The Morgan fingerprint density at radius 1 is 1.47 bits per heavy atom. The van der Waals surface area contributed by atoms with Gasteiger partial charge in [0.25, 0.3) is 0 Å². The molecule has 17 heavy (non-hydrogen) atoms. The molecule has 1 unspecified atom stereocenters. The van der Waals surface area contributed by atoms with E-state index in [0.717, 1.165) is 25.8 Å². The van der Waals surface area contributed by atoms with Crippen molar-refractivity contribution in [3.8, 4) is 0 Å². The van der Waals surface area contributed by atoms with Gasteiger partial charge in [-0.2, -0.15) is 0 Å². The summed E-state index contributed by atoms with van der Waals surface area (Å²) in [6.07, 6.45) is 4.57. The summed E-state index contributed by atoms with van der Waals surface area (Å²) < 4.78 is 0. The van der Waals surface area contributed by atoms with E-state index in [4.69, 9.17) is 23.2 Å². The minimum absolute atomic E-state index is 0.102. The number of aromatic nitrogens is 1. The maximum Gasteiger partial charge on any atom is 0.152 e. The summed E-state index contributed by atoms with van der Waals surface area (Å²) in [7, 11) is 0. The number of rotatable bonds is 2. The first-order chi connectivity index (χ1) is 8.09. The standard InChI is InChI=1S/C12H14Cl2N2O/c1-8(17)11-4-2-3-5-16(11)12-10(14)6-9(13)7-15-12/h6-7,11H,2-5H2,1H3. The number of anilines is 1. The molecule has 2 heterocycles. The molecule has 92 valence electrons. The van der Waals surface area contributed by atoms with Gasteiger partial charge in [-0.3, -0.25) is 4.79 Å². The fraction of sp³-hybridized carbons (Fsp3) is 0.500. The van der Waals surface area contributed by atoms with Gasteiger partial charge in [-0.15, -0.1) is 0 Å². The van der Waals surface area contributed by atoms with Crippen molar-refractivity contribution in [2.24, 2.45) is 0 Å². The van der Waals surface area contributed by atoms with Crippen LogP contribution in [-0.4, -0.2) is 23.4 Å². The predicted octanol–water partition coefficient (Wildman–Crippen LogP) is 3.34. The molecule has 1 aromatic heterocycles. The van der Waals surface area contributed by atoms with Gasteiger partial charge in [0.1, 0.15) is 5.82 Å². The van der Waals surface area contributed by atoms with Crippen LogP contribution in [0.5, 0.6) is 0 Å². The Morgan fingerprint density at radius 2 is 2.24 bits per heavy atom. The molecule has 1 atom stereocenters. The molecule has 0 radical (unpaired) electrons. The van der Waals surface area contributed by atoms with E-state index >= 15 is 0 Å². The fourth-order valence-corrected chi connectivity index (χ4v) is 2.72. The Hall–Kier alpha value is -0.800. The summed E-state index contributed by atoms with van der Waals surface area (Å²) >= 11 is 12.0. The van der Waals surface area contributed by atoms with E-state index in [1.54, 1.807) is 19.2 Å². The molecule has 1 saturated heterocycles. The van der Waals surface area contributed by atoms with Gasteiger partial charge in [0.05, 0.1) is 16.1 Å². The number of hydrogen-bond acceptors (Lipinski definition) is 3. The molecule has 1 aromatic rings. The normalized spacial score (nSPS) is 20.4. The largest absolute Gasteiger partial charge is 0.345 e. The molecule has 3 nitrogen and oxygen atoms in total. The van der Waals surface area contributed by atoms with E-state index in [-0.39, 0.29) is 11.8 Å². The Labute approximate surface area is 111 Å². The lowest BCUT2D eigenvalue weighted by molar-refractivity contribution is -0.118. The molecule has 1 fully saturated rings. The molecule has 0 N–H and O–H groups in total. The van der Waals surface area contributed by atoms with Crippen LogP contribution in [0.4, 0.5) is 5.82 Å². The van der Waals surface area contributed by atoms with Gasteiger partial charge in [0, 0.05) is 12.7 Å². The van der Waals surface area contributed by atoms with Crippen LogP contribution in [0.15, 0.2) is 12.3 Å². The highest BCUT2D eigenvalue weighted by molar-refractivity contribution is 6.36. The lowest BCUT2D eigenvalue weighted by Gasteiger charge is -2.35. The monoisotopic (exact) mass is 272 g/mol. The summed E-state index contributed by atoms with van der Waals surface area (Å²) in [6, 6.07) is 1.56. The predicted molar refractivity (Wildman–Crippen MR) is 69.9 cm³/mol. The zero-order valence-corrected chi connectivity index (χ0v) is 11.1. The van der Waals surface area contributed by atoms with Gasteiger partial charge in [-0.05, 0) is 32.3 Å². The van der Waals surface area contributed by atoms with E-state index in [2.05, 4.69) is 4.98 Å². The Balaban J connectivity index is 2.32. The van der Waals surface area contributed by atoms with Crippen molar-refractivity contribution < 1.29 is 4.79 Å². The number of ketones is 1. The molecular weight excluding hydrogens is 259 g/mol. The highest BCUT2D eigenvalue weighted by Gasteiger charge is 2.28. The van der Waals surface area contributed by atoms with Gasteiger partial charge < -0.3 is 4.90 Å². The number of nitrogens with zero attached hydrogens (tertiary/aromatic N) is 2. The van der Waals surface area contributed by atoms with Crippen LogP contribution in [-0.2, 0) is 4.79 Å². The first-order valence-electron chi connectivity index (χ1n) is 5.67. The van der Waals surface area contributed by atoms with E-state index in [1.807, 2.05) is 4.90 Å². The maximum absolute atomic E-state index is 11.6. The third-order valence-electron chi connectivity index (χ3n) is 3.03. The van der Waals surface area contributed by atoms with Gasteiger partial charge >= 0.3 is 0 Å². The molecule has 0 spiro atoms. The lowest BCUT2D eigenvalue weighted by atomic mass is 9.99. The average Bonchev–Trinajstić information content (AvgIpc) is 2.29. The molecule has 0 amide bonds. The second kappa shape index (κ2) is 5.23. The Morgan fingerprint density at radius 3 is 2.88 bits per heavy atom. The number of halogens is 2. The number of Topliss-reactive ketones (excluding diaryl/α,β-unsaturated/α-hetero) is 1. The molecule has 2 rings (SSSR count). The lowest BCUT2D eigenvalue weighted by Crippen LogP contribution is -2.44. The van der Waals surface area contributed by atoms with E-state index < -0.39 is 0 Å². The summed E-state index contributed by atoms with van der Waals surface area (Å²) in [5.74, 6) is 0.827. The Kier molecular flexibility index (Phi) is 3.89. The molecule has 0 saturated carbocycles. The molecular formula is C12H14Cl2N2O. The van der Waals surface area contributed by atoms with Gasteiger partial charge in [0.2, 0.25) is 0 Å². The van der Waals surface area contributed by atoms with Gasteiger partial charge in [0.15, 0.2) is 5.78 Å². The Bertz CT molecular complexity index is 437. The summed E-state index contributed by atoms with van der Waals surface area (Å²) in [6.45, 7) is 2.44. The second-order valence-electron chi connectivity index (χ2n) is 4.27. The van der Waals surface area contributed by atoms with Crippen molar-refractivity contribution in [2.75, 3.05) is 11.4 Å². The molecule has 5 heteroatoms. The molecule has 1 aliphatic rings. The van der Waals surface area contributed by atoms with Crippen molar-refractivity contribution in [1.82, 2.24) is 4.98 Å². The van der Waals surface area contributed by atoms with E-state index in [1.165, 1.54) is 0 Å². The van der Waals surface area contributed by atoms with Crippen LogP contribution in [0.1, 0.15) is 26.2 Å². The summed E-state index contributed by atoms with van der Waals surface area (Å²) in [5, 5.41) is 1.01. The summed E-state index contributed by atoms with van der Waals surface area (Å²) in [4.78, 5) is 17.9. The second-order valence-corrected chi connectivity index (χ2v) is 5.12. The average molecular weight is 273 g/mol. The van der Waals surface area contributed by atoms with Crippen molar-refractivity contribution in [3.05, 3.63) is 22.3 Å². The molecule has 0 aromatic carbocycles. The number of hydrogen-bond donors (Lipinski definition) is 0. The highest BCUT2D eigenvalue weighted by Crippen LogP contribution is 2.31. The minimum atomic E-state index is -0.102. The molecule has 0 bridgehead atoms. The number of pyridine rings is 1. The van der Waals surface area contributed by atoms with Crippen molar-refractivity contribution in [3.63, 3.8) is 0 Å². The number of carbonyl (C=O) groups excluding carboxylic acids is 1. The number of carbonyl (C=O) groups is 1. The first-order valence-corrected chi connectivity index (χ1v) is 6.43. The third kappa shape index (κ3) is 2.72. The number of piperidine rings is 1. The topological polar surface area (TPSA) is 33.2 Å². The van der Waals surface area contributed by atoms with Gasteiger partial charge in [-0.1, -0.05) is 23.2 Å². The maximum atomic E-state index is 11.6. The van der Waals surface area contributed by atoms with Crippen molar-refractivity contribution in [1.29, 1.82) is 0 Å². The fourth-order valence-electron chi connectivity index (χ4n) is 2.23. The summed E-state index contributed by atoms with van der Waals surface area (Å²) in [5.41, 5.74) is 0. The van der Waals surface area contributed by atoms with Crippen LogP contribution < -0.4 is 4.90 Å². The van der Waals surface area contributed by atoms with Crippen LogP contribution in [0.3, 0.4) is 0 Å². The van der Waals surface area contributed by atoms with Crippen LogP contribution in [0.25, 0.3) is 0 Å². The van der Waals surface area contributed by atoms with E-state index in [9.17, 15) is 4.79 Å².